The van der Waals surface area contributed by atoms with Crippen LogP contribution in [-0.2, 0) is 11.3 Å². The molecule has 10 heteroatoms. The van der Waals surface area contributed by atoms with Crippen molar-refractivity contribution >= 4 is 17.7 Å². The maximum Gasteiger partial charge on any atom is 0.446 e. The fourth-order valence-electron chi connectivity index (χ4n) is 2.14. The molecule has 1 heterocycles. The minimum atomic E-state index is -4.35. The number of carbonyl (C=O) groups is 1. The van der Waals surface area contributed by atoms with Gasteiger partial charge in [0.1, 0.15) is 18.1 Å². The number of rotatable bonds is 6. The van der Waals surface area contributed by atoms with Gasteiger partial charge in [-0.3, -0.25) is 9.59 Å². The van der Waals surface area contributed by atoms with E-state index in [1.54, 1.807) is 6.92 Å². The number of halogens is 3. The Balaban J connectivity index is 2.08. The molecule has 0 bridgehead atoms. The molecule has 0 saturated carbocycles. The number of H-pyrrole nitrogens is 1. The first kappa shape index (κ1) is 20.0. The van der Waals surface area contributed by atoms with Crippen molar-refractivity contribution < 1.29 is 22.7 Å². The molecule has 1 amide bonds. The van der Waals surface area contributed by atoms with Gasteiger partial charge in [0.2, 0.25) is 0 Å². The van der Waals surface area contributed by atoms with Gasteiger partial charge in [0.05, 0.1) is 6.04 Å². The Morgan fingerprint density at radius 1 is 1.35 bits per heavy atom. The molecule has 26 heavy (non-hydrogen) atoms. The van der Waals surface area contributed by atoms with Crippen LogP contribution in [-0.4, -0.2) is 28.5 Å². The average molecular weight is 387 g/mol. The van der Waals surface area contributed by atoms with Crippen molar-refractivity contribution in [3.63, 3.8) is 0 Å². The molecular formula is C16H16F3N3O3S. The lowest BCUT2D eigenvalue weighted by Gasteiger charge is -2.15. The molecule has 140 valence electrons. The van der Waals surface area contributed by atoms with E-state index in [-0.39, 0.29) is 34.8 Å². The molecular weight excluding hydrogens is 371 g/mol. The van der Waals surface area contributed by atoms with Crippen LogP contribution in [0.4, 0.5) is 13.2 Å². The zero-order valence-electron chi connectivity index (χ0n) is 13.9. The van der Waals surface area contributed by atoms with Crippen LogP contribution in [0.1, 0.15) is 34.8 Å². The predicted octanol–water partition coefficient (Wildman–Crippen LogP) is 3.02. The third-order valence-corrected chi connectivity index (χ3v) is 4.01. The zero-order valence-corrected chi connectivity index (χ0v) is 14.7. The molecule has 1 unspecified atom stereocenters. The van der Waals surface area contributed by atoms with Gasteiger partial charge < -0.3 is 15.0 Å². The summed E-state index contributed by atoms with van der Waals surface area (Å²) in [6.45, 7) is 1.72. The van der Waals surface area contributed by atoms with Gasteiger partial charge in [0, 0.05) is 18.1 Å². The van der Waals surface area contributed by atoms with Gasteiger partial charge in [-0.2, -0.15) is 13.2 Å². The van der Waals surface area contributed by atoms with Crippen LogP contribution in [0.3, 0.4) is 0 Å². The second-order valence-corrected chi connectivity index (χ2v) is 6.46. The van der Waals surface area contributed by atoms with Gasteiger partial charge in [0.25, 0.3) is 11.5 Å². The Kier molecular flexibility index (Phi) is 6.43. The number of ether oxygens (including phenoxy) is 1. The topological polar surface area (TPSA) is 84.1 Å². The van der Waals surface area contributed by atoms with Crippen LogP contribution in [0.15, 0.2) is 40.0 Å². The first-order chi connectivity index (χ1) is 12.2. The number of benzene rings is 1. The summed E-state index contributed by atoms with van der Waals surface area (Å²) in [5.41, 5.74) is -4.30. The van der Waals surface area contributed by atoms with E-state index in [1.807, 2.05) is 0 Å². The van der Waals surface area contributed by atoms with E-state index in [0.717, 1.165) is 6.07 Å². The number of alkyl halides is 3. The van der Waals surface area contributed by atoms with Crippen LogP contribution >= 0.6 is 11.8 Å². The number of nitrogens with zero attached hydrogens (tertiary/aromatic N) is 1. The predicted molar refractivity (Wildman–Crippen MR) is 89.8 cm³/mol. The summed E-state index contributed by atoms with van der Waals surface area (Å²) in [4.78, 5) is 30.4. The van der Waals surface area contributed by atoms with Crippen molar-refractivity contribution in [3.05, 3.63) is 57.8 Å². The van der Waals surface area contributed by atoms with Gasteiger partial charge in [-0.25, -0.2) is 4.98 Å². The summed E-state index contributed by atoms with van der Waals surface area (Å²) in [6, 6.07) is 6.24. The van der Waals surface area contributed by atoms with Crippen molar-refractivity contribution in [2.24, 2.45) is 0 Å². The van der Waals surface area contributed by atoms with Crippen LogP contribution in [0.25, 0.3) is 0 Å². The van der Waals surface area contributed by atoms with Crippen LogP contribution < -0.4 is 10.9 Å². The monoisotopic (exact) mass is 387 g/mol. The normalized spacial score (nSPS) is 12.7. The second-order valence-electron chi connectivity index (χ2n) is 5.32. The zero-order chi connectivity index (χ0) is 19.3. The van der Waals surface area contributed by atoms with Crippen molar-refractivity contribution in [2.75, 3.05) is 7.11 Å². The average Bonchev–Trinajstić information content (AvgIpc) is 2.53. The number of methoxy groups -OCH3 is 1. The highest BCUT2D eigenvalue weighted by Crippen LogP contribution is 2.36. The summed E-state index contributed by atoms with van der Waals surface area (Å²) in [5, 5.41) is 2.65. The van der Waals surface area contributed by atoms with Crippen LogP contribution in [0.5, 0.6) is 0 Å². The molecule has 0 aliphatic rings. The van der Waals surface area contributed by atoms with E-state index < -0.39 is 23.0 Å². The number of nitrogens with one attached hydrogen (secondary N) is 2. The Morgan fingerprint density at radius 2 is 2.00 bits per heavy atom. The highest BCUT2D eigenvalue weighted by Gasteiger charge is 2.29. The molecule has 0 saturated heterocycles. The molecule has 6 nitrogen and oxygen atoms in total. The Bertz CT molecular complexity index is 822. The standard InChI is InChI=1S/C16H16F3N3O3S/c1-9(10-3-5-11(6-4-10)26-16(17,18)19)20-15(24)12-7-14(23)22-13(21-12)8-25-2/h3-7,9H,8H2,1-2H3,(H,20,24)(H,21,22,23). The van der Waals surface area contributed by atoms with Gasteiger partial charge in [-0.05, 0) is 36.4 Å². The lowest BCUT2D eigenvalue weighted by atomic mass is 10.1. The van der Waals surface area contributed by atoms with E-state index in [1.165, 1.54) is 31.4 Å². The van der Waals surface area contributed by atoms with Crippen molar-refractivity contribution in [3.8, 4) is 0 Å². The quantitative estimate of drug-likeness (QED) is 0.745. The van der Waals surface area contributed by atoms with Gasteiger partial charge in [0.15, 0.2) is 0 Å². The summed E-state index contributed by atoms with van der Waals surface area (Å²) in [7, 11) is 1.43. The SMILES string of the molecule is COCc1nc(C(=O)NC(C)c2ccc(SC(F)(F)F)cc2)cc(=O)[nH]1. The molecule has 0 spiro atoms. The maximum atomic E-state index is 12.3. The van der Waals surface area contributed by atoms with Crippen molar-refractivity contribution in [2.45, 2.75) is 30.0 Å². The molecule has 2 rings (SSSR count). The van der Waals surface area contributed by atoms with Gasteiger partial charge >= 0.3 is 5.51 Å². The van der Waals surface area contributed by atoms with Gasteiger partial charge in [-0.1, -0.05) is 12.1 Å². The van der Waals surface area contributed by atoms with E-state index in [0.29, 0.717) is 5.56 Å². The molecule has 0 fully saturated rings. The highest BCUT2D eigenvalue weighted by atomic mass is 32.2. The van der Waals surface area contributed by atoms with Crippen LogP contribution in [0.2, 0.25) is 0 Å². The molecule has 1 aromatic heterocycles. The first-order valence-electron chi connectivity index (χ1n) is 7.43. The molecule has 1 atom stereocenters. The lowest BCUT2D eigenvalue weighted by Crippen LogP contribution is -2.29. The van der Waals surface area contributed by atoms with Crippen LogP contribution in [0, 0.1) is 0 Å². The van der Waals surface area contributed by atoms with E-state index in [9.17, 15) is 22.8 Å². The summed E-state index contributed by atoms with van der Waals surface area (Å²) in [6.07, 6.45) is 0. The second kappa shape index (κ2) is 8.37. The van der Waals surface area contributed by atoms with E-state index >= 15 is 0 Å². The molecule has 2 aromatic rings. The number of aromatic amines is 1. The smallest absolute Gasteiger partial charge is 0.377 e. The van der Waals surface area contributed by atoms with E-state index in [4.69, 9.17) is 4.74 Å². The summed E-state index contributed by atoms with van der Waals surface area (Å²) in [5.74, 6) is -0.360. The third-order valence-electron chi connectivity index (χ3n) is 3.27. The molecule has 0 radical (unpaired) electrons. The Hall–Kier alpha value is -2.33. The number of hydrogen-bond donors (Lipinski definition) is 2. The largest absolute Gasteiger partial charge is 0.446 e. The van der Waals surface area contributed by atoms with Crippen molar-refractivity contribution in [1.29, 1.82) is 0 Å². The number of carbonyl (C=O) groups excluding carboxylic acids is 1. The molecule has 2 N–H and O–H groups in total. The lowest BCUT2D eigenvalue weighted by molar-refractivity contribution is -0.0328. The maximum absolute atomic E-state index is 12.3. The summed E-state index contributed by atoms with van der Waals surface area (Å²) < 4.78 is 41.9. The fraction of sp³-hybridized carbons (Fsp3) is 0.312. The molecule has 1 aromatic carbocycles. The number of aromatic nitrogens is 2. The number of hydrogen-bond acceptors (Lipinski definition) is 5. The highest BCUT2D eigenvalue weighted by molar-refractivity contribution is 8.00. The van der Waals surface area contributed by atoms with Gasteiger partial charge in [-0.15, -0.1) is 0 Å². The van der Waals surface area contributed by atoms with E-state index in [2.05, 4.69) is 15.3 Å². The number of thioether (sulfide) groups is 1. The minimum absolute atomic E-state index is 0.0459. The first-order valence-corrected chi connectivity index (χ1v) is 8.25. The fourth-order valence-corrected chi connectivity index (χ4v) is 2.68. The summed E-state index contributed by atoms with van der Waals surface area (Å²) >= 11 is -0.208. The Morgan fingerprint density at radius 3 is 2.58 bits per heavy atom. The third kappa shape index (κ3) is 5.88. The Labute approximate surface area is 151 Å². The minimum Gasteiger partial charge on any atom is -0.377 e. The van der Waals surface area contributed by atoms with Crippen molar-refractivity contribution in [1.82, 2.24) is 15.3 Å². The number of amides is 1. The molecule has 0 aliphatic heterocycles. The molecule has 0 aliphatic carbocycles.